The van der Waals surface area contributed by atoms with Crippen LogP contribution < -0.4 is 10.1 Å². The molecule has 1 aliphatic heterocycles. The summed E-state index contributed by atoms with van der Waals surface area (Å²) in [5.74, 6) is 0.759. The Morgan fingerprint density at radius 1 is 1.30 bits per heavy atom. The normalized spacial score (nSPS) is 18.4. The van der Waals surface area contributed by atoms with Crippen molar-refractivity contribution in [3.05, 3.63) is 30.3 Å². The van der Waals surface area contributed by atoms with Crippen molar-refractivity contribution >= 4 is 11.8 Å². The molecule has 2 rings (SSSR count). The zero-order valence-corrected chi connectivity index (χ0v) is 14.1. The summed E-state index contributed by atoms with van der Waals surface area (Å²) >= 11 is 0. The van der Waals surface area contributed by atoms with Gasteiger partial charge in [-0.1, -0.05) is 25.1 Å². The van der Waals surface area contributed by atoms with Crippen LogP contribution in [-0.2, 0) is 9.59 Å². The number of hydrogen-bond acceptors (Lipinski definition) is 3. The van der Waals surface area contributed by atoms with Gasteiger partial charge in [0.15, 0.2) is 0 Å². The Labute approximate surface area is 138 Å². The van der Waals surface area contributed by atoms with Crippen molar-refractivity contribution in [3.8, 4) is 5.75 Å². The molecule has 126 valence electrons. The summed E-state index contributed by atoms with van der Waals surface area (Å²) in [7, 11) is 0. The first-order valence-corrected chi connectivity index (χ1v) is 8.34. The van der Waals surface area contributed by atoms with E-state index in [4.69, 9.17) is 4.74 Å². The molecule has 5 heteroatoms. The first-order valence-electron chi connectivity index (χ1n) is 8.34. The highest BCUT2D eigenvalue weighted by Gasteiger charge is 2.32. The van der Waals surface area contributed by atoms with E-state index >= 15 is 0 Å². The first-order chi connectivity index (χ1) is 11.0. The van der Waals surface area contributed by atoms with Gasteiger partial charge in [-0.2, -0.15) is 0 Å². The molecule has 5 nitrogen and oxygen atoms in total. The van der Waals surface area contributed by atoms with Gasteiger partial charge in [-0.25, -0.2) is 0 Å². The van der Waals surface area contributed by atoms with E-state index < -0.39 is 0 Å². The molecular weight excluding hydrogens is 292 g/mol. The molecular formula is C18H26N2O3. The lowest BCUT2D eigenvalue weighted by molar-refractivity contribution is -0.138. The highest BCUT2D eigenvalue weighted by atomic mass is 16.5. The van der Waals surface area contributed by atoms with Crippen molar-refractivity contribution in [2.75, 3.05) is 6.54 Å². The van der Waals surface area contributed by atoms with E-state index in [1.54, 1.807) is 4.90 Å². The summed E-state index contributed by atoms with van der Waals surface area (Å²) in [6.45, 7) is 6.46. The van der Waals surface area contributed by atoms with Crippen molar-refractivity contribution < 1.29 is 14.3 Å². The smallest absolute Gasteiger partial charge is 0.243 e. The Morgan fingerprint density at radius 3 is 2.57 bits per heavy atom. The molecule has 0 saturated carbocycles. The molecule has 0 aromatic heterocycles. The van der Waals surface area contributed by atoms with Gasteiger partial charge >= 0.3 is 0 Å². The second kappa shape index (κ2) is 7.99. The van der Waals surface area contributed by atoms with E-state index in [9.17, 15) is 9.59 Å². The van der Waals surface area contributed by atoms with Crippen LogP contribution >= 0.6 is 0 Å². The molecule has 0 bridgehead atoms. The fourth-order valence-corrected chi connectivity index (χ4v) is 2.80. The third kappa shape index (κ3) is 4.47. The second-order valence-corrected chi connectivity index (χ2v) is 6.05. The summed E-state index contributed by atoms with van der Waals surface area (Å²) in [6.07, 6.45) is 1.85. The maximum absolute atomic E-state index is 12.5. The van der Waals surface area contributed by atoms with Crippen LogP contribution in [0.5, 0.6) is 5.75 Å². The summed E-state index contributed by atoms with van der Waals surface area (Å²) in [4.78, 5) is 26.1. The van der Waals surface area contributed by atoms with Gasteiger partial charge in [-0.15, -0.1) is 0 Å². The Kier molecular flexibility index (Phi) is 6.02. The quantitative estimate of drug-likeness (QED) is 0.839. The number of rotatable bonds is 7. The third-order valence-corrected chi connectivity index (χ3v) is 4.31. The number of nitrogens with zero attached hydrogens (tertiary/aromatic N) is 1. The number of likely N-dealkylation sites (tertiary alicyclic amines) is 1. The van der Waals surface area contributed by atoms with Crippen molar-refractivity contribution in [1.82, 2.24) is 10.2 Å². The number of hydrogen-bond donors (Lipinski definition) is 1. The SMILES string of the molecule is CC[C@H](C(=O)N[C@H](C)[C@H](C)Oc1ccccc1)N1CCCC1=O. The average molecular weight is 318 g/mol. The molecule has 1 aromatic carbocycles. The molecule has 1 saturated heterocycles. The number of amides is 2. The van der Waals surface area contributed by atoms with E-state index in [0.29, 0.717) is 19.4 Å². The van der Waals surface area contributed by atoms with Crippen LogP contribution in [0.2, 0.25) is 0 Å². The van der Waals surface area contributed by atoms with Crippen LogP contribution in [0, 0.1) is 0 Å². The predicted molar refractivity (Wildman–Crippen MR) is 89.2 cm³/mol. The summed E-state index contributed by atoms with van der Waals surface area (Å²) < 4.78 is 5.84. The van der Waals surface area contributed by atoms with E-state index in [-0.39, 0.29) is 30.0 Å². The summed E-state index contributed by atoms with van der Waals surface area (Å²) in [5, 5.41) is 2.99. The fourth-order valence-electron chi connectivity index (χ4n) is 2.80. The largest absolute Gasteiger partial charge is 0.489 e. The van der Waals surface area contributed by atoms with Crippen LogP contribution in [-0.4, -0.2) is 41.4 Å². The molecule has 0 unspecified atom stereocenters. The van der Waals surface area contributed by atoms with Gasteiger partial charge in [0.1, 0.15) is 17.9 Å². The lowest BCUT2D eigenvalue weighted by atomic mass is 10.1. The number of carbonyl (C=O) groups excluding carboxylic acids is 2. The van der Waals surface area contributed by atoms with Gasteiger partial charge in [-0.05, 0) is 38.8 Å². The van der Waals surface area contributed by atoms with Gasteiger partial charge in [0.2, 0.25) is 11.8 Å². The van der Waals surface area contributed by atoms with Gasteiger partial charge in [-0.3, -0.25) is 9.59 Å². The molecule has 1 N–H and O–H groups in total. The van der Waals surface area contributed by atoms with Gasteiger partial charge in [0.05, 0.1) is 6.04 Å². The maximum Gasteiger partial charge on any atom is 0.243 e. The van der Waals surface area contributed by atoms with Crippen LogP contribution in [0.4, 0.5) is 0 Å². The minimum absolute atomic E-state index is 0.0771. The molecule has 1 fully saturated rings. The van der Waals surface area contributed by atoms with Crippen LogP contribution in [0.1, 0.15) is 40.0 Å². The van der Waals surface area contributed by atoms with Crippen LogP contribution in [0.3, 0.4) is 0 Å². The molecule has 1 aliphatic rings. The second-order valence-electron chi connectivity index (χ2n) is 6.05. The van der Waals surface area contributed by atoms with Crippen molar-refractivity contribution in [1.29, 1.82) is 0 Å². The fraction of sp³-hybridized carbons (Fsp3) is 0.556. The van der Waals surface area contributed by atoms with E-state index in [1.807, 2.05) is 51.1 Å². The van der Waals surface area contributed by atoms with Crippen molar-refractivity contribution in [2.24, 2.45) is 0 Å². The number of carbonyl (C=O) groups is 2. The average Bonchev–Trinajstić information content (AvgIpc) is 2.95. The Morgan fingerprint density at radius 2 is 2.00 bits per heavy atom. The number of nitrogens with one attached hydrogen (secondary N) is 1. The molecule has 23 heavy (non-hydrogen) atoms. The molecule has 2 amide bonds. The Bertz CT molecular complexity index is 532. The Hall–Kier alpha value is -2.04. The monoisotopic (exact) mass is 318 g/mol. The molecule has 1 heterocycles. The van der Waals surface area contributed by atoms with Crippen LogP contribution in [0.25, 0.3) is 0 Å². The predicted octanol–water partition coefficient (Wildman–Crippen LogP) is 2.36. The zero-order chi connectivity index (χ0) is 16.8. The van der Waals surface area contributed by atoms with Gasteiger partial charge in [0, 0.05) is 13.0 Å². The molecule has 0 spiro atoms. The van der Waals surface area contributed by atoms with E-state index in [1.165, 1.54) is 0 Å². The third-order valence-electron chi connectivity index (χ3n) is 4.31. The number of ether oxygens (including phenoxy) is 1. The molecule has 3 atom stereocenters. The van der Waals surface area contributed by atoms with Crippen molar-refractivity contribution in [3.63, 3.8) is 0 Å². The number of benzene rings is 1. The highest BCUT2D eigenvalue weighted by Crippen LogP contribution is 2.17. The first kappa shape index (κ1) is 17.3. The molecule has 0 radical (unpaired) electrons. The standard InChI is InChI=1S/C18H26N2O3/c1-4-16(20-12-8-11-17(20)21)18(22)19-13(2)14(3)23-15-9-6-5-7-10-15/h5-7,9-10,13-14,16H,4,8,11-12H2,1-3H3,(H,19,22)/t13-,14+,16-/m1/s1. The van der Waals surface area contributed by atoms with Gasteiger partial charge < -0.3 is 15.0 Å². The zero-order valence-electron chi connectivity index (χ0n) is 14.1. The Balaban J connectivity index is 1.91. The van der Waals surface area contributed by atoms with Crippen LogP contribution in [0.15, 0.2) is 30.3 Å². The topological polar surface area (TPSA) is 58.6 Å². The lowest BCUT2D eigenvalue weighted by Crippen LogP contribution is -2.52. The lowest BCUT2D eigenvalue weighted by Gasteiger charge is -2.29. The number of para-hydroxylation sites is 1. The van der Waals surface area contributed by atoms with E-state index in [2.05, 4.69) is 5.32 Å². The van der Waals surface area contributed by atoms with Crippen molar-refractivity contribution in [2.45, 2.75) is 58.2 Å². The molecule has 0 aliphatic carbocycles. The van der Waals surface area contributed by atoms with E-state index in [0.717, 1.165) is 12.2 Å². The minimum atomic E-state index is -0.378. The minimum Gasteiger partial charge on any atom is -0.489 e. The van der Waals surface area contributed by atoms with Gasteiger partial charge in [0.25, 0.3) is 0 Å². The highest BCUT2D eigenvalue weighted by molar-refractivity contribution is 5.88. The summed E-state index contributed by atoms with van der Waals surface area (Å²) in [5.41, 5.74) is 0. The summed E-state index contributed by atoms with van der Waals surface area (Å²) in [6, 6.07) is 9.02. The molecule has 1 aromatic rings. The maximum atomic E-state index is 12.5.